The molecule has 214 valence electrons. The van der Waals surface area contributed by atoms with Gasteiger partial charge in [-0.1, -0.05) is 4.98 Å². The second-order valence-corrected chi connectivity index (χ2v) is 9.19. The topological polar surface area (TPSA) is 275 Å². The molecule has 2 aliphatic rings. The van der Waals surface area contributed by atoms with Crippen molar-refractivity contribution >= 4 is 17.1 Å². The molecular formula is C21H30N7O11+. The second kappa shape index (κ2) is 10.9. The Labute approximate surface area is 217 Å². The zero-order chi connectivity index (χ0) is 28.8. The average molecular weight is 557 g/mol. The first-order chi connectivity index (χ1) is 18.4. The summed E-state index contributed by atoms with van der Waals surface area (Å²) in [6.07, 6.45) is -6.40. The minimum absolute atomic E-state index is 0.0702. The van der Waals surface area contributed by atoms with Crippen molar-refractivity contribution in [1.82, 2.24) is 24.1 Å². The molecule has 18 heteroatoms. The molecule has 3 aromatic rings. The van der Waals surface area contributed by atoms with Gasteiger partial charge in [0.05, 0.1) is 20.3 Å². The van der Waals surface area contributed by atoms with Crippen LogP contribution in [0.3, 0.4) is 0 Å². The first kappa shape index (κ1) is 28.5. The predicted octanol–water partition coefficient (Wildman–Crippen LogP) is -5.80. The number of aliphatic hydroxyl groups excluding tert-OH is 6. The van der Waals surface area contributed by atoms with Crippen LogP contribution in [-0.2, 0) is 16.5 Å². The van der Waals surface area contributed by atoms with Crippen LogP contribution in [-0.4, -0.2) is 105 Å². The van der Waals surface area contributed by atoms with Gasteiger partial charge in [0.1, 0.15) is 36.6 Å². The normalized spacial score (nSPS) is 30.5. The molecule has 0 aliphatic carbocycles. The molecule has 0 amide bonds. The van der Waals surface area contributed by atoms with Crippen LogP contribution in [0.4, 0.5) is 5.95 Å². The van der Waals surface area contributed by atoms with Crippen LogP contribution in [0.25, 0.3) is 11.2 Å². The van der Waals surface area contributed by atoms with Gasteiger partial charge in [0.25, 0.3) is 17.1 Å². The van der Waals surface area contributed by atoms with Crippen molar-refractivity contribution in [2.45, 2.75) is 56.0 Å². The number of H-pyrrole nitrogens is 2. The van der Waals surface area contributed by atoms with Crippen LogP contribution in [0, 0.1) is 6.92 Å². The van der Waals surface area contributed by atoms with Crippen molar-refractivity contribution in [3.05, 3.63) is 49.3 Å². The summed E-state index contributed by atoms with van der Waals surface area (Å²) in [5.74, 6) is -0.0702. The SMILES string of the molecule is Cc1cn([C@@H]2O[C@H](CO)[C@@H](O)[C@H]2O)c(=O)[nH]c1=O.Cn1c[n+]([C@@H]2O[C@H](CO)[C@@H](O)[C@H]2O)c2nc(N)[nH]c(=O)c21. The van der Waals surface area contributed by atoms with Crippen LogP contribution in [0.2, 0.25) is 0 Å². The highest BCUT2D eigenvalue weighted by Crippen LogP contribution is 2.28. The van der Waals surface area contributed by atoms with E-state index in [2.05, 4.69) is 15.0 Å². The maximum atomic E-state index is 11.9. The maximum absolute atomic E-state index is 11.9. The van der Waals surface area contributed by atoms with Gasteiger partial charge in [0.15, 0.2) is 12.6 Å². The Morgan fingerprint density at radius 3 is 2.18 bits per heavy atom. The summed E-state index contributed by atoms with van der Waals surface area (Å²) in [5.41, 5.74) is 4.57. The highest BCUT2D eigenvalue weighted by atomic mass is 16.6. The zero-order valence-corrected chi connectivity index (χ0v) is 20.8. The number of nitrogens with one attached hydrogen (secondary N) is 2. The van der Waals surface area contributed by atoms with E-state index < -0.39 is 79.1 Å². The monoisotopic (exact) mass is 556 g/mol. The third-order valence-corrected chi connectivity index (χ3v) is 6.52. The minimum Gasteiger partial charge on any atom is -0.394 e. The molecule has 0 aromatic carbocycles. The number of ether oxygens (including phenoxy) is 2. The minimum atomic E-state index is -1.36. The summed E-state index contributed by atoms with van der Waals surface area (Å²) in [7, 11) is 1.63. The van der Waals surface area contributed by atoms with E-state index in [0.717, 1.165) is 4.57 Å². The Hall–Kier alpha value is -3.49. The van der Waals surface area contributed by atoms with Crippen molar-refractivity contribution in [1.29, 1.82) is 0 Å². The van der Waals surface area contributed by atoms with Crippen molar-refractivity contribution in [3.63, 3.8) is 0 Å². The summed E-state index contributed by atoms with van der Waals surface area (Å²) >= 11 is 0. The van der Waals surface area contributed by atoms with Gasteiger partial charge < -0.3 is 45.8 Å². The van der Waals surface area contributed by atoms with E-state index in [0.29, 0.717) is 0 Å². The Morgan fingerprint density at radius 1 is 0.974 bits per heavy atom. The number of fused-ring (bicyclic) bond motifs is 1. The van der Waals surface area contributed by atoms with Gasteiger partial charge >= 0.3 is 11.3 Å². The molecule has 0 saturated carbocycles. The van der Waals surface area contributed by atoms with Gasteiger partial charge in [-0.25, -0.2) is 9.36 Å². The van der Waals surface area contributed by atoms with E-state index in [4.69, 9.17) is 25.4 Å². The number of aromatic nitrogens is 6. The van der Waals surface area contributed by atoms with E-state index in [1.165, 1.54) is 28.6 Å². The summed E-state index contributed by atoms with van der Waals surface area (Å²) in [4.78, 5) is 43.2. The molecule has 2 fully saturated rings. The molecule has 0 unspecified atom stereocenters. The van der Waals surface area contributed by atoms with E-state index in [9.17, 15) is 34.8 Å². The molecule has 8 atom stereocenters. The predicted molar refractivity (Wildman–Crippen MR) is 128 cm³/mol. The van der Waals surface area contributed by atoms with E-state index in [1.54, 1.807) is 7.05 Å². The van der Waals surface area contributed by atoms with Crippen LogP contribution >= 0.6 is 0 Å². The number of anilines is 1. The smallest absolute Gasteiger partial charge is 0.330 e. The molecule has 39 heavy (non-hydrogen) atoms. The van der Waals surface area contributed by atoms with Crippen molar-refractivity contribution in [2.24, 2.45) is 7.05 Å². The number of rotatable bonds is 4. The van der Waals surface area contributed by atoms with Gasteiger partial charge in [0, 0.05) is 11.8 Å². The third-order valence-electron chi connectivity index (χ3n) is 6.52. The number of hydrogen-bond acceptors (Lipinski definition) is 13. The van der Waals surface area contributed by atoms with Crippen molar-refractivity contribution < 1.29 is 44.7 Å². The van der Waals surface area contributed by atoms with Crippen molar-refractivity contribution in [2.75, 3.05) is 18.9 Å². The molecule has 0 spiro atoms. The maximum Gasteiger partial charge on any atom is 0.330 e. The number of aryl methyl sites for hydroxylation is 2. The Morgan fingerprint density at radius 2 is 1.59 bits per heavy atom. The molecule has 2 saturated heterocycles. The Bertz CT molecular complexity index is 1510. The molecule has 5 heterocycles. The van der Waals surface area contributed by atoms with Gasteiger partial charge in [-0.2, -0.15) is 0 Å². The van der Waals surface area contributed by atoms with Crippen molar-refractivity contribution in [3.8, 4) is 0 Å². The third kappa shape index (κ3) is 5.11. The fourth-order valence-corrected chi connectivity index (χ4v) is 4.45. The number of nitrogens with two attached hydrogens (primary N) is 1. The summed E-state index contributed by atoms with van der Waals surface area (Å²) in [6.45, 7) is 0.581. The lowest BCUT2D eigenvalue weighted by atomic mass is 10.1. The molecule has 10 N–H and O–H groups in total. The van der Waals surface area contributed by atoms with E-state index in [1.807, 2.05) is 0 Å². The van der Waals surface area contributed by atoms with E-state index in [-0.39, 0.29) is 22.7 Å². The largest absolute Gasteiger partial charge is 0.394 e. The van der Waals surface area contributed by atoms with Crippen LogP contribution in [0.15, 0.2) is 26.9 Å². The number of aliphatic hydroxyl groups is 6. The second-order valence-electron chi connectivity index (χ2n) is 9.19. The molecular weight excluding hydrogens is 526 g/mol. The summed E-state index contributed by atoms with van der Waals surface area (Å²) in [5, 5.41) is 57.3. The highest BCUT2D eigenvalue weighted by molar-refractivity contribution is 5.67. The molecule has 3 aromatic heterocycles. The zero-order valence-electron chi connectivity index (χ0n) is 20.8. The standard InChI is InChI=1S/C11H15N5O5.C10H14N2O6/c1-15-3-16(8-5(15)9(20)14-11(12)13-8)10-7(19)6(18)4(2-17)21-10;1-4-2-12(10(17)11-8(4)16)9-7(15)6(14)5(3-13)18-9/h3-4,6-7,10,17-19H,2H2,1H3,(H2-,12,13,14,20);2,5-7,9,13-15H,3H2,1H3,(H,11,16,17)/p+1/t4-,6-,7-,10-;5-,6-,7-,9-/m11/s1. The lowest BCUT2D eigenvalue weighted by Crippen LogP contribution is -2.46. The van der Waals surface area contributed by atoms with Crippen LogP contribution in [0.5, 0.6) is 0 Å². The number of hydrogen-bond donors (Lipinski definition) is 9. The van der Waals surface area contributed by atoms with Gasteiger partial charge in [-0.3, -0.25) is 28.7 Å². The molecule has 0 bridgehead atoms. The van der Waals surface area contributed by atoms with Crippen LogP contribution < -0.4 is 27.1 Å². The lowest BCUT2D eigenvalue weighted by Gasteiger charge is -2.17. The Balaban J connectivity index is 0.000000183. The number of nitrogens with zero attached hydrogens (tertiary/aromatic N) is 4. The van der Waals surface area contributed by atoms with E-state index >= 15 is 0 Å². The van der Waals surface area contributed by atoms with Gasteiger partial charge in [0.2, 0.25) is 11.7 Å². The molecule has 5 rings (SSSR count). The first-order valence-corrected chi connectivity index (χ1v) is 11.7. The molecule has 18 nitrogen and oxygen atoms in total. The quantitative estimate of drug-likeness (QED) is 0.136. The molecule has 2 aliphatic heterocycles. The van der Waals surface area contributed by atoms with Gasteiger partial charge in [-0.05, 0) is 6.92 Å². The first-order valence-electron chi connectivity index (χ1n) is 11.7. The average Bonchev–Trinajstić information content (AvgIpc) is 3.47. The molecule has 0 radical (unpaired) electrons. The number of aromatic amines is 2. The highest BCUT2D eigenvalue weighted by Gasteiger charge is 2.47. The fraction of sp³-hybridized carbons (Fsp3) is 0.571. The summed E-state index contributed by atoms with van der Waals surface area (Å²) in [6, 6.07) is 0. The fourth-order valence-electron chi connectivity index (χ4n) is 4.45. The van der Waals surface area contributed by atoms with Gasteiger partial charge in [-0.15, -0.1) is 0 Å². The van der Waals surface area contributed by atoms with Crippen LogP contribution in [0.1, 0.15) is 18.0 Å². The summed E-state index contributed by atoms with van der Waals surface area (Å²) < 4.78 is 14.5. The lowest BCUT2D eigenvalue weighted by molar-refractivity contribution is -0.745. The number of nitrogen functional groups attached to an aromatic ring is 1. The Kier molecular flexibility index (Phi) is 8.00. The number of imidazole rings is 1.